The number of aliphatic carboxylic acids is 1. The van der Waals surface area contributed by atoms with Crippen molar-refractivity contribution < 1.29 is 24.2 Å². The number of carboxylic acids is 1. The van der Waals surface area contributed by atoms with Crippen LogP contribution in [0.15, 0.2) is 66.4 Å². The van der Waals surface area contributed by atoms with Crippen LogP contribution in [0, 0.1) is 5.82 Å². The summed E-state index contributed by atoms with van der Waals surface area (Å²) in [6.45, 7) is 2.19. The second kappa shape index (κ2) is 10.4. The second-order valence-corrected chi connectivity index (χ2v) is 8.12. The SMILES string of the molecule is O=C(O)CCC1(c2ccccc2)CCN(CCC(=CO)C(=O)c2ccc(F)cc2)CC1. The van der Waals surface area contributed by atoms with Crippen LogP contribution < -0.4 is 0 Å². The summed E-state index contributed by atoms with van der Waals surface area (Å²) in [7, 11) is 0. The van der Waals surface area contributed by atoms with Gasteiger partial charge in [0.05, 0.1) is 6.26 Å². The van der Waals surface area contributed by atoms with E-state index in [0.717, 1.165) is 32.2 Å². The monoisotopic (exact) mass is 425 g/mol. The molecule has 31 heavy (non-hydrogen) atoms. The molecule has 0 amide bonds. The van der Waals surface area contributed by atoms with Gasteiger partial charge in [-0.15, -0.1) is 0 Å². The number of piperidine rings is 1. The zero-order valence-corrected chi connectivity index (χ0v) is 17.5. The summed E-state index contributed by atoms with van der Waals surface area (Å²) >= 11 is 0. The highest BCUT2D eigenvalue weighted by Gasteiger charge is 2.36. The Bertz CT molecular complexity index is 916. The van der Waals surface area contributed by atoms with Gasteiger partial charge in [-0.3, -0.25) is 9.59 Å². The van der Waals surface area contributed by atoms with Crippen LogP contribution >= 0.6 is 0 Å². The summed E-state index contributed by atoms with van der Waals surface area (Å²) in [6.07, 6.45) is 3.66. The van der Waals surface area contributed by atoms with Crippen LogP contribution in [0.5, 0.6) is 0 Å². The van der Waals surface area contributed by atoms with Gasteiger partial charge >= 0.3 is 5.97 Å². The number of aliphatic hydroxyl groups excluding tert-OH is 1. The van der Waals surface area contributed by atoms with Crippen molar-refractivity contribution in [3.05, 3.63) is 83.4 Å². The van der Waals surface area contributed by atoms with Crippen LogP contribution in [-0.2, 0) is 10.2 Å². The predicted molar refractivity (Wildman–Crippen MR) is 117 cm³/mol. The molecule has 2 aromatic rings. The second-order valence-electron chi connectivity index (χ2n) is 8.12. The van der Waals surface area contributed by atoms with Crippen LogP contribution in [0.1, 0.15) is 48.0 Å². The number of aliphatic hydroxyl groups is 1. The molecule has 0 aliphatic carbocycles. The van der Waals surface area contributed by atoms with Gasteiger partial charge in [0, 0.05) is 24.1 Å². The molecule has 0 radical (unpaired) electrons. The topological polar surface area (TPSA) is 77.8 Å². The Morgan fingerprint density at radius 3 is 2.23 bits per heavy atom. The van der Waals surface area contributed by atoms with Crippen LogP contribution in [0.3, 0.4) is 0 Å². The van der Waals surface area contributed by atoms with Crippen LogP contribution in [-0.4, -0.2) is 46.5 Å². The minimum Gasteiger partial charge on any atom is -0.515 e. The third kappa shape index (κ3) is 5.79. The molecule has 0 spiro atoms. The molecule has 0 saturated carbocycles. The minimum absolute atomic E-state index is 0.137. The van der Waals surface area contributed by atoms with Crippen molar-refractivity contribution in [3.63, 3.8) is 0 Å². The summed E-state index contributed by atoms with van der Waals surface area (Å²) in [4.78, 5) is 26.0. The Balaban J connectivity index is 1.60. The van der Waals surface area contributed by atoms with Gasteiger partial charge in [-0.1, -0.05) is 30.3 Å². The molecule has 2 aromatic carbocycles. The van der Waals surface area contributed by atoms with E-state index < -0.39 is 11.8 Å². The van der Waals surface area contributed by atoms with Gasteiger partial charge in [-0.2, -0.15) is 0 Å². The average Bonchev–Trinajstić information content (AvgIpc) is 2.80. The number of carbonyl (C=O) groups is 2. The molecule has 1 aliphatic rings. The van der Waals surface area contributed by atoms with E-state index in [-0.39, 0.29) is 23.2 Å². The number of nitrogens with zero attached hydrogens (tertiary/aromatic N) is 1. The molecule has 164 valence electrons. The first-order valence-corrected chi connectivity index (χ1v) is 10.6. The predicted octanol–water partition coefficient (Wildman–Crippen LogP) is 4.74. The number of carboxylic acid groups (broad SMARTS) is 1. The molecule has 0 unspecified atom stereocenters. The summed E-state index contributed by atoms with van der Waals surface area (Å²) in [5.41, 5.74) is 1.66. The molecular weight excluding hydrogens is 397 g/mol. The summed E-state index contributed by atoms with van der Waals surface area (Å²) < 4.78 is 13.1. The highest BCUT2D eigenvalue weighted by atomic mass is 19.1. The highest BCUT2D eigenvalue weighted by molar-refractivity contribution is 6.08. The van der Waals surface area contributed by atoms with E-state index >= 15 is 0 Å². The van der Waals surface area contributed by atoms with Crippen molar-refractivity contribution in [1.29, 1.82) is 0 Å². The van der Waals surface area contributed by atoms with Crippen LogP contribution in [0.25, 0.3) is 0 Å². The smallest absolute Gasteiger partial charge is 0.303 e. The Labute approximate surface area is 181 Å². The molecule has 6 heteroatoms. The van der Waals surface area contributed by atoms with Gasteiger partial charge in [0.15, 0.2) is 5.78 Å². The lowest BCUT2D eigenvalue weighted by atomic mass is 9.70. The van der Waals surface area contributed by atoms with Crippen molar-refractivity contribution in [2.75, 3.05) is 19.6 Å². The van der Waals surface area contributed by atoms with Gasteiger partial charge in [0.25, 0.3) is 0 Å². The first-order valence-electron chi connectivity index (χ1n) is 10.6. The van der Waals surface area contributed by atoms with Crippen molar-refractivity contribution in [1.82, 2.24) is 4.90 Å². The largest absolute Gasteiger partial charge is 0.515 e. The fourth-order valence-electron chi connectivity index (χ4n) is 4.33. The maximum atomic E-state index is 13.1. The number of Topliss-reactive ketones (excluding diaryl/α,β-unsaturated/α-hetero) is 1. The van der Waals surface area contributed by atoms with Gasteiger partial charge in [-0.25, -0.2) is 4.39 Å². The number of ketones is 1. The Hall–Kier alpha value is -2.99. The molecule has 3 rings (SSSR count). The van der Waals surface area contributed by atoms with E-state index in [0.29, 0.717) is 24.9 Å². The van der Waals surface area contributed by atoms with Crippen LogP contribution in [0.4, 0.5) is 4.39 Å². The van der Waals surface area contributed by atoms with Crippen molar-refractivity contribution in [2.24, 2.45) is 0 Å². The minimum atomic E-state index is -0.783. The molecule has 0 atom stereocenters. The number of hydrogen-bond donors (Lipinski definition) is 2. The maximum absolute atomic E-state index is 13.1. The summed E-state index contributed by atoms with van der Waals surface area (Å²) in [5.74, 6) is -1.50. The molecule has 1 heterocycles. The molecule has 1 fully saturated rings. The number of benzene rings is 2. The Morgan fingerprint density at radius 2 is 1.65 bits per heavy atom. The number of halogens is 1. The first-order chi connectivity index (χ1) is 14.9. The molecule has 0 aromatic heterocycles. The number of likely N-dealkylation sites (tertiary alicyclic amines) is 1. The molecular formula is C25H28FNO4. The van der Waals surface area contributed by atoms with Gasteiger partial charge in [-0.05, 0) is 74.0 Å². The third-order valence-electron chi connectivity index (χ3n) is 6.27. The third-order valence-corrected chi connectivity index (χ3v) is 6.27. The van der Waals surface area contributed by atoms with Crippen LogP contribution in [0.2, 0.25) is 0 Å². The Morgan fingerprint density at radius 1 is 1.00 bits per heavy atom. The molecule has 5 nitrogen and oxygen atoms in total. The van der Waals surface area contributed by atoms with Gasteiger partial charge < -0.3 is 15.1 Å². The first kappa shape index (κ1) is 22.7. The van der Waals surface area contributed by atoms with Crippen molar-refractivity contribution in [2.45, 2.75) is 37.5 Å². The molecule has 1 saturated heterocycles. The zero-order chi connectivity index (χ0) is 22.3. The van der Waals surface area contributed by atoms with Gasteiger partial charge in [0.1, 0.15) is 5.82 Å². The maximum Gasteiger partial charge on any atom is 0.303 e. The van der Waals surface area contributed by atoms with E-state index in [2.05, 4.69) is 17.0 Å². The number of rotatable bonds is 9. The molecule has 1 aliphatic heterocycles. The van der Waals surface area contributed by atoms with E-state index in [9.17, 15) is 24.2 Å². The lowest BCUT2D eigenvalue weighted by molar-refractivity contribution is -0.137. The normalized spacial score (nSPS) is 16.7. The van der Waals surface area contributed by atoms with Crippen molar-refractivity contribution in [3.8, 4) is 0 Å². The quantitative estimate of drug-likeness (QED) is 0.345. The van der Waals surface area contributed by atoms with Gasteiger partial charge in [0.2, 0.25) is 0 Å². The van der Waals surface area contributed by atoms with E-state index in [4.69, 9.17) is 0 Å². The fourth-order valence-corrected chi connectivity index (χ4v) is 4.33. The number of hydrogen-bond acceptors (Lipinski definition) is 4. The average molecular weight is 426 g/mol. The highest BCUT2D eigenvalue weighted by Crippen LogP contribution is 2.39. The zero-order valence-electron chi connectivity index (χ0n) is 17.5. The lowest BCUT2D eigenvalue weighted by Gasteiger charge is -2.42. The molecule has 0 bridgehead atoms. The lowest BCUT2D eigenvalue weighted by Crippen LogP contribution is -2.43. The molecule has 2 N–H and O–H groups in total. The van der Waals surface area contributed by atoms with Crippen molar-refractivity contribution >= 4 is 11.8 Å². The van der Waals surface area contributed by atoms with E-state index in [1.807, 2.05) is 18.2 Å². The fraction of sp³-hybridized carbons (Fsp3) is 0.360. The van der Waals surface area contributed by atoms with E-state index in [1.54, 1.807) is 0 Å². The summed E-state index contributed by atoms with van der Waals surface area (Å²) in [6, 6.07) is 15.4. The van der Waals surface area contributed by atoms with E-state index in [1.165, 1.54) is 29.8 Å². The Kier molecular flexibility index (Phi) is 7.58. The standard InChI is InChI=1S/C25H28FNO4/c26-22-8-6-19(7-9-22)24(31)20(18-28)11-15-27-16-13-25(14-17-27,12-10-23(29)30)21-4-2-1-3-5-21/h1-9,18,28H,10-17H2,(H,29,30). The number of carbonyl (C=O) groups excluding carboxylic acids is 1. The summed E-state index contributed by atoms with van der Waals surface area (Å²) in [5, 5.41) is 18.8.